The van der Waals surface area contributed by atoms with Gasteiger partial charge in [-0.25, -0.2) is 4.98 Å². The van der Waals surface area contributed by atoms with Crippen molar-refractivity contribution >= 4 is 24.9 Å². The van der Waals surface area contributed by atoms with Gasteiger partial charge in [0.15, 0.2) is 17.4 Å². The van der Waals surface area contributed by atoms with E-state index >= 15 is 0 Å². The fraction of sp³-hybridized carbons (Fsp3) is 0.500. The van der Waals surface area contributed by atoms with Crippen LogP contribution in [0.3, 0.4) is 0 Å². The molecule has 2 aromatic heterocycles. The van der Waals surface area contributed by atoms with Crippen LogP contribution in [-0.4, -0.2) is 64.7 Å². The Kier molecular flexibility index (Phi) is 4.17. The van der Waals surface area contributed by atoms with Crippen molar-refractivity contribution in [2.45, 2.75) is 24.5 Å². The van der Waals surface area contributed by atoms with Crippen LogP contribution in [0.15, 0.2) is 11.1 Å². The highest BCUT2D eigenvalue weighted by molar-refractivity contribution is 7.51. The van der Waals surface area contributed by atoms with Crippen molar-refractivity contribution in [1.29, 1.82) is 0 Å². The molecule has 0 aromatic carbocycles. The summed E-state index contributed by atoms with van der Waals surface area (Å²) in [6.45, 7) is -0.550. The van der Waals surface area contributed by atoms with E-state index in [0.717, 1.165) is 10.9 Å². The fourth-order valence-corrected chi connectivity index (χ4v) is 2.78. The van der Waals surface area contributed by atoms with Crippen molar-refractivity contribution in [1.82, 2.24) is 19.5 Å². The highest BCUT2D eigenvalue weighted by atomic mass is 31.2. The molecule has 6 N–H and O–H groups in total. The van der Waals surface area contributed by atoms with Crippen LogP contribution in [0.2, 0.25) is 0 Å². The van der Waals surface area contributed by atoms with Crippen LogP contribution in [0.25, 0.3) is 11.2 Å². The largest absolute Gasteiger partial charge is 0.762 e. The van der Waals surface area contributed by atoms with Crippen molar-refractivity contribution in [3.63, 3.8) is 0 Å². The lowest BCUT2D eigenvalue weighted by Crippen LogP contribution is -2.33. The lowest BCUT2D eigenvalue weighted by Gasteiger charge is -2.18. The van der Waals surface area contributed by atoms with Gasteiger partial charge in [0.25, 0.3) is 5.56 Å². The Labute approximate surface area is 132 Å². The van der Waals surface area contributed by atoms with E-state index in [-0.39, 0.29) is 11.2 Å². The molecule has 2 aromatic rings. The summed E-state index contributed by atoms with van der Waals surface area (Å²) in [7, 11) is -4.96. The summed E-state index contributed by atoms with van der Waals surface area (Å²) in [6.07, 6.45) is -3.98. The van der Waals surface area contributed by atoms with Crippen molar-refractivity contribution in [3.05, 3.63) is 16.7 Å². The van der Waals surface area contributed by atoms with Gasteiger partial charge in [-0.15, -0.1) is 0 Å². The lowest BCUT2D eigenvalue weighted by molar-refractivity contribution is -0.191. The second-order valence-electron chi connectivity index (χ2n) is 5.10. The van der Waals surface area contributed by atoms with Crippen LogP contribution in [0.1, 0.15) is 6.23 Å². The van der Waals surface area contributed by atoms with Gasteiger partial charge in [-0.05, 0) is 0 Å². The number of aliphatic hydroxyl groups is 3. The molecule has 13 nitrogen and oxygen atoms in total. The highest BCUT2D eigenvalue weighted by Crippen LogP contribution is 2.32. The van der Waals surface area contributed by atoms with Crippen LogP contribution in [0.5, 0.6) is 0 Å². The zero-order valence-corrected chi connectivity index (χ0v) is 12.7. The summed E-state index contributed by atoms with van der Waals surface area (Å²) in [4.78, 5) is 41.2. The van der Waals surface area contributed by atoms with Crippen molar-refractivity contribution < 1.29 is 34.4 Å². The number of fused-ring (bicyclic) bond motifs is 1. The first-order valence-corrected chi connectivity index (χ1v) is 8.20. The van der Waals surface area contributed by atoms with E-state index < -0.39 is 50.4 Å². The predicted molar refractivity (Wildman–Crippen MR) is 74.6 cm³/mol. The Bertz CT molecular complexity index is 861. The summed E-state index contributed by atoms with van der Waals surface area (Å²) in [5.41, 5.74) is -1.15. The minimum absolute atomic E-state index is 0.162. The monoisotopic (exact) mass is 362 g/mol. The van der Waals surface area contributed by atoms with Crippen molar-refractivity contribution in [2.24, 2.45) is 0 Å². The van der Waals surface area contributed by atoms with Gasteiger partial charge in [0.2, 0.25) is 13.7 Å². The van der Waals surface area contributed by atoms with Crippen LogP contribution in [-0.2, 0) is 9.30 Å². The number of aliphatic hydroxyl groups excluding tert-OH is 3. The SMILES string of the molecule is O=c1[nH]c(NP(=O)([O-])O)nc2c1ncn2[C@@H]1O[C@H](CO)[C@@H](O)[C@H]1O. The Morgan fingerprint density at radius 3 is 2.75 bits per heavy atom. The van der Waals surface area contributed by atoms with Gasteiger partial charge in [0.1, 0.15) is 18.3 Å². The number of rotatable bonds is 4. The van der Waals surface area contributed by atoms with Gasteiger partial charge in [-0.3, -0.25) is 24.0 Å². The summed E-state index contributed by atoms with van der Waals surface area (Å²) >= 11 is 0. The number of aromatic amines is 1. The molecule has 0 amide bonds. The number of ether oxygens (including phenoxy) is 1. The number of hydrogen-bond acceptors (Lipinski definition) is 9. The minimum atomic E-state index is -4.96. The Morgan fingerprint density at radius 2 is 2.17 bits per heavy atom. The molecule has 5 atom stereocenters. The molecule has 1 aliphatic rings. The number of nitrogens with zero attached hydrogens (tertiary/aromatic N) is 3. The van der Waals surface area contributed by atoms with Gasteiger partial charge in [0.05, 0.1) is 12.9 Å². The summed E-state index contributed by atoms with van der Waals surface area (Å²) in [5, 5.41) is 30.5. The molecule has 3 heterocycles. The zero-order valence-electron chi connectivity index (χ0n) is 11.8. The molecule has 1 saturated heterocycles. The second-order valence-corrected chi connectivity index (χ2v) is 6.36. The average molecular weight is 362 g/mol. The Balaban J connectivity index is 2.06. The van der Waals surface area contributed by atoms with Gasteiger partial charge in [-0.1, -0.05) is 0 Å². The maximum Gasteiger partial charge on any atom is 0.280 e. The lowest BCUT2D eigenvalue weighted by atomic mass is 10.1. The first-order valence-electron chi connectivity index (χ1n) is 6.62. The summed E-state index contributed by atoms with van der Waals surface area (Å²) in [5.74, 6) is -0.568. The zero-order chi connectivity index (χ0) is 17.6. The molecule has 0 radical (unpaired) electrons. The third kappa shape index (κ3) is 2.93. The first-order chi connectivity index (χ1) is 11.2. The molecule has 0 aliphatic carbocycles. The molecule has 0 bridgehead atoms. The van der Waals surface area contributed by atoms with E-state index in [0.29, 0.717) is 0 Å². The number of hydrogen-bond donors (Lipinski definition) is 6. The summed E-state index contributed by atoms with van der Waals surface area (Å²) in [6, 6.07) is 0. The normalized spacial score (nSPS) is 29.7. The number of nitrogens with one attached hydrogen (secondary N) is 2. The molecular formula is C10H13N5O8P-. The topological polar surface area (TPSA) is 206 Å². The summed E-state index contributed by atoms with van der Waals surface area (Å²) < 4.78 is 17.3. The predicted octanol–water partition coefficient (Wildman–Crippen LogP) is -3.40. The quantitative estimate of drug-likeness (QED) is 0.296. The molecule has 132 valence electrons. The third-order valence-electron chi connectivity index (χ3n) is 3.47. The van der Waals surface area contributed by atoms with Gasteiger partial charge < -0.3 is 29.8 Å². The first kappa shape index (κ1) is 17.0. The smallest absolute Gasteiger partial charge is 0.280 e. The molecule has 14 heteroatoms. The highest BCUT2D eigenvalue weighted by Gasteiger charge is 2.44. The van der Waals surface area contributed by atoms with E-state index in [4.69, 9.17) is 14.7 Å². The van der Waals surface area contributed by atoms with Crippen molar-refractivity contribution in [2.75, 3.05) is 11.7 Å². The number of anilines is 1. The van der Waals surface area contributed by atoms with Crippen LogP contribution in [0.4, 0.5) is 5.95 Å². The third-order valence-corrected chi connectivity index (χ3v) is 3.97. The van der Waals surface area contributed by atoms with Gasteiger partial charge in [-0.2, -0.15) is 4.98 Å². The Morgan fingerprint density at radius 1 is 1.46 bits per heavy atom. The average Bonchev–Trinajstić information content (AvgIpc) is 3.00. The van der Waals surface area contributed by atoms with E-state index in [2.05, 4.69) is 15.0 Å². The van der Waals surface area contributed by atoms with E-state index in [1.807, 2.05) is 0 Å². The van der Waals surface area contributed by atoms with Crippen molar-refractivity contribution in [3.8, 4) is 0 Å². The molecule has 1 aliphatic heterocycles. The minimum Gasteiger partial charge on any atom is -0.762 e. The van der Waals surface area contributed by atoms with Gasteiger partial charge >= 0.3 is 0 Å². The van der Waals surface area contributed by atoms with Crippen LogP contribution >= 0.6 is 7.75 Å². The Hall–Kier alpha value is -1.86. The number of H-pyrrole nitrogens is 1. The molecule has 0 spiro atoms. The van der Waals surface area contributed by atoms with E-state index in [1.165, 1.54) is 0 Å². The molecule has 3 rings (SSSR count). The fourth-order valence-electron chi connectivity index (χ4n) is 2.41. The molecule has 0 saturated carbocycles. The maximum atomic E-state index is 11.9. The molecular weight excluding hydrogens is 349 g/mol. The van der Waals surface area contributed by atoms with E-state index in [1.54, 1.807) is 5.09 Å². The maximum absolute atomic E-state index is 11.9. The standard InChI is InChI=1S/C10H14N5O8P/c16-1-3-5(17)6(18)9(23-3)15-2-11-4-7(15)12-10(13-8(4)19)14-24(20,21)22/h2-3,5-6,9,16-18H,1H2,(H4,12,13,14,19,20,21,22)/p-1/t3-,5-,6-,9-/m1/s1. The number of aromatic nitrogens is 4. The number of imidazole rings is 1. The molecule has 1 fully saturated rings. The van der Waals surface area contributed by atoms with Crippen LogP contribution in [0, 0.1) is 0 Å². The van der Waals surface area contributed by atoms with Gasteiger partial charge in [0, 0.05) is 0 Å². The van der Waals surface area contributed by atoms with E-state index in [9.17, 15) is 24.5 Å². The molecule has 24 heavy (non-hydrogen) atoms. The molecule has 1 unspecified atom stereocenters. The second kappa shape index (κ2) is 5.89. The van der Waals surface area contributed by atoms with Crippen LogP contribution < -0.4 is 15.5 Å².